The molecule has 4 rings (SSSR count). The minimum Gasteiger partial charge on any atom is -0.492 e. The monoisotopic (exact) mass is 447 g/mol. The number of rotatable bonds is 9. The minimum atomic E-state index is -0.0956. The maximum Gasteiger partial charge on any atom is 0.251 e. The third-order valence-electron chi connectivity index (χ3n) is 5.28. The molecule has 0 saturated carbocycles. The summed E-state index contributed by atoms with van der Waals surface area (Å²) in [6.07, 6.45) is 1.56. The molecule has 32 heavy (non-hydrogen) atoms. The molecule has 4 aromatic rings. The molecular weight excluding hydrogens is 422 g/mol. The van der Waals surface area contributed by atoms with Gasteiger partial charge in [0.05, 0.1) is 17.6 Å². The molecule has 1 N–H and O–H groups in total. The number of aryl methyl sites for hydroxylation is 2. The van der Waals surface area contributed by atoms with Gasteiger partial charge in [-0.2, -0.15) is 0 Å². The molecule has 5 nitrogen and oxygen atoms in total. The van der Waals surface area contributed by atoms with E-state index in [1.54, 1.807) is 24.3 Å². The zero-order chi connectivity index (χ0) is 22.3. The van der Waals surface area contributed by atoms with E-state index < -0.39 is 0 Å². The van der Waals surface area contributed by atoms with Crippen molar-refractivity contribution < 1.29 is 9.53 Å². The molecular formula is C26H26ClN3O2. The summed E-state index contributed by atoms with van der Waals surface area (Å²) >= 11 is 5.89. The molecule has 0 fully saturated rings. The summed E-state index contributed by atoms with van der Waals surface area (Å²) in [4.78, 5) is 17.1. The van der Waals surface area contributed by atoms with Crippen molar-refractivity contribution in [3.63, 3.8) is 0 Å². The van der Waals surface area contributed by atoms with E-state index in [0.717, 1.165) is 35.4 Å². The molecule has 6 heteroatoms. The fourth-order valence-corrected chi connectivity index (χ4v) is 3.80. The van der Waals surface area contributed by atoms with Crippen molar-refractivity contribution in [3.05, 3.63) is 94.8 Å². The normalized spacial score (nSPS) is 10.9. The summed E-state index contributed by atoms with van der Waals surface area (Å²) < 4.78 is 8.18. The van der Waals surface area contributed by atoms with Crippen LogP contribution in [0.4, 0.5) is 0 Å². The van der Waals surface area contributed by atoms with Crippen molar-refractivity contribution >= 4 is 28.5 Å². The van der Waals surface area contributed by atoms with E-state index in [2.05, 4.69) is 28.9 Å². The van der Waals surface area contributed by atoms with E-state index in [-0.39, 0.29) is 5.91 Å². The lowest BCUT2D eigenvalue weighted by atomic mass is 10.2. The summed E-state index contributed by atoms with van der Waals surface area (Å²) in [5, 5.41) is 3.59. The molecule has 0 radical (unpaired) electrons. The second-order valence-electron chi connectivity index (χ2n) is 7.70. The second kappa shape index (κ2) is 10.3. The van der Waals surface area contributed by atoms with E-state index in [9.17, 15) is 4.79 Å². The summed E-state index contributed by atoms with van der Waals surface area (Å²) in [5.74, 6) is 1.78. The quantitative estimate of drug-likeness (QED) is 0.347. The van der Waals surface area contributed by atoms with Crippen molar-refractivity contribution in [2.75, 3.05) is 13.2 Å². The Morgan fingerprint density at radius 1 is 1.06 bits per heavy atom. The number of benzene rings is 3. The van der Waals surface area contributed by atoms with Gasteiger partial charge in [-0.1, -0.05) is 35.9 Å². The maximum atomic E-state index is 12.3. The van der Waals surface area contributed by atoms with Gasteiger partial charge in [0.2, 0.25) is 0 Å². The van der Waals surface area contributed by atoms with E-state index >= 15 is 0 Å². The number of halogens is 1. The van der Waals surface area contributed by atoms with Gasteiger partial charge in [-0.25, -0.2) is 4.98 Å². The first-order chi connectivity index (χ1) is 15.6. The largest absolute Gasteiger partial charge is 0.492 e. The van der Waals surface area contributed by atoms with Crippen molar-refractivity contribution in [2.24, 2.45) is 0 Å². The van der Waals surface area contributed by atoms with Crippen LogP contribution in [0.1, 0.15) is 28.2 Å². The maximum absolute atomic E-state index is 12.3. The van der Waals surface area contributed by atoms with Crippen LogP contribution in [0.25, 0.3) is 11.0 Å². The number of amides is 1. The summed E-state index contributed by atoms with van der Waals surface area (Å²) in [7, 11) is 0. The van der Waals surface area contributed by atoms with Gasteiger partial charge in [0.1, 0.15) is 18.2 Å². The molecule has 1 amide bonds. The van der Waals surface area contributed by atoms with Crippen LogP contribution in [0.2, 0.25) is 5.02 Å². The van der Waals surface area contributed by atoms with E-state index in [0.29, 0.717) is 30.3 Å². The molecule has 0 saturated heterocycles. The molecule has 0 bridgehead atoms. The first kappa shape index (κ1) is 21.9. The number of carbonyl (C=O) groups excluding carboxylic acids is 1. The third kappa shape index (κ3) is 5.48. The molecule has 1 heterocycles. The molecule has 0 aliphatic rings. The van der Waals surface area contributed by atoms with Gasteiger partial charge in [0.25, 0.3) is 5.91 Å². The molecule has 1 aromatic heterocycles. The number of nitrogens with zero attached hydrogens (tertiary/aromatic N) is 2. The third-order valence-corrected chi connectivity index (χ3v) is 5.53. The lowest BCUT2D eigenvalue weighted by Gasteiger charge is -2.11. The number of aromatic nitrogens is 2. The Hall–Kier alpha value is -3.31. The Balaban J connectivity index is 1.36. The van der Waals surface area contributed by atoms with Crippen LogP contribution < -0.4 is 10.1 Å². The van der Waals surface area contributed by atoms with Crippen LogP contribution >= 0.6 is 11.6 Å². The Morgan fingerprint density at radius 3 is 2.69 bits per heavy atom. The number of hydrogen-bond acceptors (Lipinski definition) is 3. The summed E-state index contributed by atoms with van der Waals surface area (Å²) in [5.41, 5.74) is 3.86. The van der Waals surface area contributed by atoms with Gasteiger partial charge in [0, 0.05) is 23.6 Å². The van der Waals surface area contributed by atoms with Crippen molar-refractivity contribution in [1.29, 1.82) is 0 Å². The summed E-state index contributed by atoms with van der Waals surface area (Å²) in [6, 6.07) is 23.1. The molecule has 164 valence electrons. The standard InChI is InChI=1S/C26H26ClN3O2/c1-19-6-4-7-22(18-19)32-17-16-30-24-9-3-2-8-23(24)29-25(30)10-5-15-28-26(31)20-11-13-21(27)14-12-20/h2-4,6-9,11-14,18H,5,10,15-17H2,1H3,(H,28,31). The SMILES string of the molecule is Cc1cccc(OCCn2c(CCCNC(=O)c3ccc(Cl)cc3)nc3ccccc32)c1. The number of imidazole rings is 1. The number of ether oxygens (including phenoxy) is 1. The number of fused-ring (bicyclic) bond motifs is 1. The van der Waals surface area contributed by atoms with Crippen molar-refractivity contribution in [3.8, 4) is 5.75 Å². The first-order valence-electron chi connectivity index (χ1n) is 10.8. The molecule has 0 unspecified atom stereocenters. The van der Waals surface area contributed by atoms with Crippen LogP contribution in [-0.4, -0.2) is 28.6 Å². The average Bonchev–Trinajstić information content (AvgIpc) is 3.14. The zero-order valence-corrected chi connectivity index (χ0v) is 18.8. The molecule has 0 spiro atoms. The van der Waals surface area contributed by atoms with Crippen molar-refractivity contribution in [1.82, 2.24) is 14.9 Å². The summed E-state index contributed by atoms with van der Waals surface area (Å²) in [6.45, 7) is 3.90. The zero-order valence-electron chi connectivity index (χ0n) is 18.1. The molecule has 0 aliphatic heterocycles. The highest BCUT2D eigenvalue weighted by molar-refractivity contribution is 6.30. The van der Waals surface area contributed by atoms with Gasteiger partial charge >= 0.3 is 0 Å². The number of para-hydroxylation sites is 2. The lowest BCUT2D eigenvalue weighted by Crippen LogP contribution is -2.25. The lowest BCUT2D eigenvalue weighted by molar-refractivity contribution is 0.0953. The number of carbonyl (C=O) groups is 1. The molecule has 0 atom stereocenters. The number of nitrogens with one attached hydrogen (secondary N) is 1. The molecule has 0 aliphatic carbocycles. The smallest absolute Gasteiger partial charge is 0.251 e. The second-order valence-corrected chi connectivity index (χ2v) is 8.14. The van der Waals surface area contributed by atoms with Crippen LogP contribution in [0.5, 0.6) is 5.75 Å². The van der Waals surface area contributed by atoms with Gasteiger partial charge in [-0.15, -0.1) is 0 Å². The van der Waals surface area contributed by atoms with Gasteiger partial charge in [0.15, 0.2) is 0 Å². The predicted molar refractivity (Wildman–Crippen MR) is 129 cm³/mol. The topological polar surface area (TPSA) is 56.1 Å². The highest BCUT2D eigenvalue weighted by atomic mass is 35.5. The average molecular weight is 448 g/mol. The Kier molecular flexibility index (Phi) is 7.07. The fraction of sp³-hybridized carbons (Fsp3) is 0.231. The highest BCUT2D eigenvalue weighted by Crippen LogP contribution is 2.18. The van der Waals surface area contributed by atoms with E-state index in [1.165, 1.54) is 5.56 Å². The van der Waals surface area contributed by atoms with Crippen LogP contribution in [0, 0.1) is 6.92 Å². The minimum absolute atomic E-state index is 0.0956. The van der Waals surface area contributed by atoms with Crippen LogP contribution in [0.15, 0.2) is 72.8 Å². The number of hydrogen-bond donors (Lipinski definition) is 1. The van der Waals surface area contributed by atoms with E-state index in [1.807, 2.05) is 36.4 Å². The first-order valence-corrected chi connectivity index (χ1v) is 11.2. The van der Waals surface area contributed by atoms with Crippen LogP contribution in [0.3, 0.4) is 0 Å². The Labute approximate surface area is 193 Å². The highest BCUT2D eigenvalue weighted by Gasteiger charge is 2.11. The predicted octanol–water partition coefficient (Wildman–Crippen LogP) is 5.44. The Morgan fingerprint density at radius 2 is 1.88 bits per heavy atom. The fourth-order valence-electron chi connectivity index (χ4n) is 3.68. The van der Waals surface area contributed by atoms with Crippen LogP contribution in [-0.2, 0) is 13.0 Å². The van der Waals surface area contributed by atoms with Crippen molar-refractivity contribution in [2.45, 2.75) is 26.3 Å². The van der Waals surface area contributed by atoms with Gasteiger partial charge in [-0.3, -0.25) is 4.79 Å². The van der Waals surface area contributed by atoms with Gasteiger partial charge < -0.3 is 14.6 Å². The molecule has 3 aromatic carbocycles. The Bertz CT molecular complexity index is 1200. The van der Waals surface area contributed by atoms with Gasteiger partial charge in [-0.05, 0) is 67.4 Å². The van der Waals surface area contributed by atoms with E-state index in [4.69, 9.17) is 21.3 Å².